The standard InChI is InChI=1S/C10H19O2/c1-8(2)6-5-7-12-10(11)9(3)4/h8H,5-7H2,1-4H3. The topological polar surface area (TPSA) is 26.3 Å². The lowest BCUT2D eigenvalue weighted by Crippen LogP contribution is -2.11. The van der Waals surface area contributed by atoms with Crippen LogP contribution in [-0.4, -0.2) is 12.6 Å². The summed E-state index contributed by atoms with van der Waals surface area (Å²) in [6, 6.07) is 0. The minimum absolute atomic E-state index is 0.168. The minimum atomic E-state index is -0.168. The van der Waals surface area contributed by atoms with Crippen LogP contribution in [0.5, 0.6) is 0 Å². The molecule has 0 atom stereocenters. The molecule has 0 N–H and O–H groups in total. The average molecular weight is 171 g/mol. The number of carbonyl (C=O) groups excluding carboxylic acids is 1. The SMILES string of the molecule is C[C](C)C(=O)OCCCC(C)C. The highest BCUT2D eigenvalue weighted by Gasteiger charge is 2.07. The first-order valence-electron chi connectivity index (χ1n) is 4.51. The van der Waals surface area contributed by atoms with E-state index < -0.39 is 0 Å². The molecule has 0 bridgehead atoms. The second-order valence-corrected chi connectivity index (χ2v) is 3.67. The Morgan fingerprint density at radius 2 is 1.92 bits per heavy atom. The highest BCUT2D eigenvalue weighted by molar-refractivity contribution is 5.83. The molecule has 0 spiro atoms. The molecular formula is C10H19O2. The highest BCUT2D eigenvalue weighted by Crippen LogP contribution is 2.05. The van der Waals surface area contributed by atoms with Crippen LogP contribution in [0, 0.1) is 11.8 Å². The van der Waals surface area contributed by atoms with Gasteiger partial charge in [-0.05, 0) is 32.6 Å². The lowest BCUT2D eigenvalue weighted by atomic mass is 10.1. The molecule has 0 unspecified atom stereocenters. The van der Waals surface area contributed by atoms with Crippen LogP contribution < -0.4 is 0 Å². The average Bonchev–Trinajstić information content (AvgIpc) is 1.97. The van der Waals surface area contributed by atoms with Gasteiger partial charge < -0.3 is 4.74 Å². The van der Waals surface area contributed by atoms with E-state index in [1.54, 1.807) is 13.8 Å². The van der Waals surface area contributed by atoms with Crippen molar-refractivity contribution in [3.63, 3.8) is 0 Å². The van der Waals surface area contributed by atoms with Crippen molar-refractivity contribution >= 4 is 5.97 Å². The first-order valence-corrected chi connectivity index (χ1v) is 4.51. The number of esters is 1. The number of rotatable bonds is 5. The van der Waals surface area contributed by atoms with Gasteiger partial charge in [-0.3, -0.25) is 4.79 Å². The van der Waals surface area contributed by atoms with E-state index in [2.05, 4.69) is 13.8 Å². The van der Waals surface area contributed by atoms with Gasteiger partial charge in [0.1, 0.15) is 0 Å². The zero-order valence-corrected chi connectivity index (χ0v) is 8.52. The second-order valence-electron chi connectivity index (χ2n) is 3.67. The fourth-order valence-corrected chi connectivity index (χ4v) is 0.801. The van der Waals surface area contributed by atoms with Gasteiger partial charge in [-0.15, -0.1) is 0 Å². The molecule has 1 radical (unpaired) electrons. The Bertz CT molecular complexity index is 128. The van der Waals surface area contributed by atoms with Gasteiger partial charge in [0.2, 0.25) is 0 Å². The molecule has 2 nitrogen and oxygen atoms in total. The van der Waals surface area contributed by atoms with E-state index in [0.717, 1.165) is 18.8 Å². The van der Waals surface area contributed by atoms with Gasteiger partial charge in [-0.25, -0.2) is 0 Å². The predicted octanol–water partition coefficient (Wildman–Crippen LogP) is 2.58. The number of carbonyl (C=O) groups is 1. The third-order valence-electron chi connectivity index (χ3n) is 1.57. The lowest BCUT2D eigenvalue weighted by Gasteiger charge is -2.07. The van der Waals surface area contributed by atoms with Gasteiger partial charge in [-0.1, -0.05) is 13.8 Å². The molecule has 0 saturated carbocycles. The molecule has 0 aromatic heterocycles. The van der Waals surface area contributed by atoms with E-state index in [4.69, 9.17) is 4.74 Å². The molecule has 71 valence electrons. The maximum absolute atomic E-state index is 10.9. The van der Waals surface area contributed by atoms with E-state index in [1.807, 2.05) is 0 Å². The van der Waals surface area contributed by atoms with E-state index in [-0.39, 0.29) is 5.97 Å². The summed E-state index contributed by atoms with van der Waals surface area (Å²) in [4.78, 5) is 10.9. The van der Waals surface area contributed by atoms with Gasteiger partial charge in [0.25, 0.3) is 0 Å². The number of ether oxygens (including phenoxy) is 1. The summed E-state index contributed by atoms with van der Waals surface area (Å²) in [6.07, 6.45) is 2.09. The van der Waals surface area contributed by atoms with Crippen molar-refractivity contribution in [2.75, 3.05) is 6.61 Å². The first-order chi connectivity index (χ1) is 5.54. The van der Waals surface area contributed by atoms with Crippen LogP contribution in [-0.2, 0) is 9.53 Å². The maximum Gasteiger partial charge on any atom is 0.312 e. The van der Waals surface area contributed by atoms with Gasteiger partial charge in [-0.2, -0.15) is 0 Å². The molecule has 0 aromatic carbocycles. The second kappa shape index (κ2) is 6.04. The van der Waals surface area contributed by atoms with Crippen molar-refractivity contribution in [3.8, 4) is 0 Å². The van der Waals surface area contributed by atoms with Crippen LogP contribution in [0.4, 0.5) is 0 Å². The molecule has 2 heteroatoms. The maximum atomic E-state index is 10.9. The van der Waals surface area contributed by atoms with Crippen molar-refractivity contribution in [1.29, 1.82) is 0 Å². The van der Waals surface area contributed by atoms with Crippen LogP contribution in [0.1, 0.15) is 40.5 Å². The molecule has 0 fully saturated rings. The summed E-state index contributed by atoms with van der Waals surface area (Å²) in [5.41, 5.74) is 0. The Kier molecular flexibility index (Phi) is 5.77. The summed E-state index contributed by atoms with van der Waals surface area (Å²) in [5.74, 6) is 1.24. The van der Waals surface area contributed by atoms with Gasteiger partial charge in [0.15, 0.2) is 0 Å². The van der Waals surface area contributed by atoms with Crippen LogP contribution in [0.3, 0.4) is 0 Å². The highest BCUT2D eigenvalue weighted by atomic mass is 16.5. The normalized spacial score (nSPS) is 10.8. The predicted molar refractivity (Wildman–Crippen MR) is 49.6 cm³/mol. The van der Waals surface area contributed by atoms with E-state index in [0.29, 0.717) is 12.5 Å². The van der Waals surface area contributed by atoms with Gasteiger partial charge in [0.05, 0.1) is 12.5 Å². The van der Waals surface area contributed by atoms with E-state index >= 15 is 0 Å². The summed E-state index contributed by atoms with van der Waals surface area (Å²) in [7, 11) is 0. The van der Waals surface area contributed by atoms with Crippen LogP contribution in [0.15, 0.2) is 0 Å². The third kappa shape index (κ3) is 6.20. The fraction of sp³-hybridized carbons (Fsp3) is 0.800. The molecule has 0 heterocycles. The third-order valence-corrected chi connectivity index (χ3v) is 1.57. The van der Waals surface area contributed by atoms with E-state index in [9.17, 15) is 4.79 Å². The van der Waals surface area contributed by atoms with Crippen LogP contribution >= 0.6 is 0 Å². The smallest absolute Gasteiger partial charge is 0.312 e. The van der Waals surface area contributed by atoms with Gasteiger partial charge in [0, 0.05) is 0 Å². The molecule has 0 aliphatic heterocycles. The monoisotopic (exact) mass is 171 g/mol. The van der Waals surface area contributed by atoms with Crippen molar-refractivity contribution in [2.45, 2.75) is 40.5 Å². The fourth-order valence-electron chi connectivity index (χ4n) is 0.801. The molecular weight excluding hydrogens is 152 g/mol. The Hall–Kier alpha value is -0.530. The zero-order chi connectivity index (χ0) is 9.56. The summed E-state index contributed by atoms with van der Waals surface area (Å²) in [5, 5.41) is 0. The molecule has 0 aliphatic rings. The van der Waals surface area contributed by atoms with Gasteiger partial charge >= 0.3 is 5.97 Å². The number of hydrogen-bond acceptors (Lipinski definition) is 2. The number of hydrogen-bond donors (Lipinski definition) is 0. The quantitative estimate of drug-likeness (QED) is 0.469. The Morgan fingerprint density at radius 3 is 2.33 bits per heavy atom. The Labute approximate surface area is 75.3 Å². The molecule has 0 rings (SSSR count). The lowest BCUT2D eigenvalue weighted by molar-refractivity contribution is -0.141. The molecule has 0 amide bonds. The summed E-state index contributed by atoms with van der Waals surface area (Å²) >= 11 is 0. The van der Waals surface area contributed by atoms with Crippen LogP contribution in [0.25, 0.3) is 0 Å². The van der Waals surface area contributed by atoms with Crippen molar-refractivity contribution < 1.29 is 9.53 Å². The Balaban J connectivity index is 3.26. The zero-order valence-electron chi connectivity index (χ0n) is 8.52. The first kappa shape index (κ1) is 11.5. The van der Waals surface area contributed by atoms with Crippen molar-refractivity contribution in [1.82, 2.24) is 0 Å². The molecule has 0 aromatic rings. The molecule has 12 heavy (non-hydrogen) atoms. The van der Waals surface area contributed by atoms with Crippen LogP contribution in [0.2, 0.25) is 0 Å². The summed E-state index contributed by atoms with van der Waals surface area (Å²) < 4.78 is 4.98. The minimum Gasteiger partial charge on any atom is -0.465 e. The van der Waals surface area contributed by atoms with Crippen molar-refractivity contribution in [3.05, 3.63) is 5.92 Å². The molecule has 0 saturated heterocycles. The Morgan fingerprint density at radius 1 is 1.33 bits per heavy atom. The summed E-state index contributed by atoms with van der Waals surface area (Å²) in [6.45, 7) is 8.43. The van der Waals surface area contributed by atoms with E-state index in [1.165, 1.54) is 0 Å². The molecule has 0 aliphatic carbocycles. The largest absolute Gasteiger partial charge is 0.465 e. The van der Waals surface area contributed by atoms with Crippen molar-refractivity contribution in [2.24, 2.45) is 5.92 Å².